The van der Waals surface area contributed by atoms with E-state index in [0.29, 0.717) is 42.9 Å². The Morgan fingerprint density at radius 3 is 1.94 bits per heavy atom. The summed E-state index contributed by atoms with van der Waals surface area (Å²) < 4.78 is 32.5. The highest BCUT2D eigenvalue weighted by atomic mass is 32.2. The van der Waals surface area contributed by atoms with Gasteiger partial charge < -0.3 is 0 Å². The molecular weight excluding hydrogens is 420 g/mol. The van der Waals surface area contributed by atoms with Gasteiger partial charge in [-0.3, -0.25) is 9.35 Å². The normalized spacial score (nSPS) is 14.6. The first-order valence-electron chi connectivity index (χ1n) is 11.8. The maximum Gasteiger partial charge on any atom is 0.274 e. The summed E-state index contributed by atoms with van der Waals surface area (Å²) in [7, 11) is -4.23. The van der Waals surface area contributed by atoms with Crippen LogP contribution >= 0.6 is 0 Å². The third-order valence-electron chi connectivity index (χ3n) is 6.52. The molecule has 4 nitrogen and oxygen atoms in total. The fraction of sp³-hybridized carbons (Fsp3) is 0.519. The summed E-state index contributed by atoms with van der Waals surface area (Å²) in [6.07, 6.45) is 8.00. The fourth-order valence-corrected chi connectivity index (χ4v) is 5.03. The van der Waals surface area contributed by atoms with Crippen LogP contribution in [0.5, 0.6) is 0 Å². The topological polar surface area (TPSA) is 71.4 Å². The lowest BCUT2D eigenvalue weighted by Crippen LogP contribution is -2.32. The second-order valence-electron chi connectivity index (χ2n) is 9.08. The minimum absolute atomic E-state index is 0.293. The number of rotatable bonds is 15. The van der Waals surface area contributed by atoms with Crippen LogP contribution < -0.4 is 0 Å². The van der Waals surface area contributed by atoms with Gasteiger partial charge in [0.2, 0.25) is 0 Å². The molecule has 176 valence electrons. The van der Waals surface area contributed by atoms with Crippen LogP contribution in [0.1, 0.15) is 95.1 Å². The van der Waals surface area contributed by atoms with Crippen LogP contribution in [0.3, 0.4) is 0 Å². The summed E-state index contributed by atoms with van der Waals surface area (Å²) in [5.41, 5.74) is 1.97. The van der Waals surface area contributed by atoms with Gasteiger partial charge >= 0.3 is 0 Å². The summed E-state index contributed by atoms with van der Waals surface area (Å²) in [5.74, 6) is 0.845. The second-order valence-corrected chi connectivity index (χ2v) is 10.9. The van der Waals surface area contributed by atoms with E-state index in [1.165, 1.54) is 5.56 Å². The van der Waals surface area contributed by atoms with E-state index >= 15 is 0 Å². The molecule has 0 radical (unpaired) electrons. The molecule has 2 unspecified atom stereocenters. The van der Waals surface area contributed by atoms with Crippen molar-refractivity contribution in [2.24, 2.45) is 0 Å². The third-order valence-corrected chi connectivity index (χ3v) is 8.10. The van der Waals surface area contributed by atoms with Crippen LogP contribution in [-0.4, -0.2) is 18.8 Å². The van der Waals surface area contributed by atoms with Crippen molar-refractivity contribution in [3.05, 3.63) is 71.8 Å². The monoisotopic (exact) mass is 458 g/mol. The molecule has 2 aromatic carbocycles. The summed E-state index contributed by atoms with van der Waals surface area (Å²) in [5, 5.41) is 0. The van der Waals surface area contributed by atoms with Crippen molar-refractivity contribution >= 4 is 15.9 Å². The van der Waals surface area contributed by atoms with E-state index in [0.717, 1.165) is 38.5 Å². The maximum absolute atomic E-state index is 12.2. The van der Waals surface area contributed by atoms with E-state index in [9.17, 15) is 17.8 Å². The van der Waals surface area contributed by atoms with Gasteiger partial charge in [-0.25, -0.2) is 0 Å². The first kappa shape index (κ1) is 26.3. The first-order chi connectivity index (χ1) is 15.2. The number of hydrogen-bond acceptors (Lipinski definition) is 3. The summed E-state index contributed by atoms with van der Waals surface area (Å²) in [6, 6.07) is 19.4. The predicted molar refractivity (Wildman–Crippen MR) is 131 cm³/mol. The molecule has 2 aromatic rings. The number of ketones is 1. The van der Waals surface area contributed by atoms with Crippen LogP contribution in [0.2, 0.25) is 0 Å². The molecule has 32 heavy (non-hydrogen) atoms. The number of unbranched alkanes of at least 4 members (excludes halogenated alkanes) is 4. The average Bonchev–Trinajstić information content (AvgIpc) is 2.78. The second kappa shape index (κ2) is 12.9. The molecular formula is C27H38O4S. The molecule has 0 saturated carbocycles. The summed E-state index contributed by atoms with van der Waals surface area (Å²) in [6.45, 7) is 3.83. The Kier molecular flexibility index (Phi) is 10.6. The minimum atomic E-state index is -4.23. The summed E-state index contributed by atoms with van der Waals surface area (Å²) in [4.78, 5) is 12.2. The van der Waals surface area contributed by atoms with Crippen LogP contribution in [0.25, 0.3) is 0 Å². The molecule has 0 bridgehead atoms. The Hall–Kier alpha value is -1.98. The van der Waals surface area contributed by atoms with Gasteiger partial charge in [-0.15, -0.1) is 0 Å². The lowest BCUT2D eigenvalue weighted by molar-refractivity contribution is -0.119. The highest BCUT2D eigenvalue weighted by Crippen LogP contribution is 2.35. The van der Waals surface area contributed by atoms with Crippen molar-refractivity contribution in [3.63, 3.8) is 0 Å². The SMILES string of the molecule is CC(CCCCCC(=O)CCCCCC(C)(c1ccccc1)S(=O)(=O)O)c1ccccc1. The van der Waals surface area contributed by atoms with Gasteiger partial charge in [-0.05, 0) is 49.7 Å². The molecule has 0 aliphatic heterocycles. The van der Waals surface area contributed by atoms with Gasteiger partial charge in [0.25, 0.3) is 10.1 Å². The molecule has 2 rings (SSSR count). The molecule has 2 atom stereocenters. The Bertz CT molecular complexity index is 909. The minimum Gasteiger partial charge on any atom is -0.300 e. The molecule has 5 heteroatoms. The molecule has 1 N–H and O–H groups in total. The Balaban J connectivity index is 1.61. The highest BCUT2D eigenvalue weighted by molar-refractivity contribution is 7.86. The fourth-order valence-electron chi connectivity index (χ4n) is 4.20. The molecule has 0 saturated heterocycles. The Morgan fingerprint density at radius 2 is 1.38 bits per heavy atom. The van der Waals surface area contributed by atoms with E-state index in [1.54, 1.807) is 31.2 Å². The van der Waals surface area contributed by atoms with Gasteiger partial charge in [0.15, 0.2) is 0 Å². The van der Waals surface area contributed by atoms with Crippen molar-refractivity contribution < 1.29 is 17.8 Å². The van der Waals surface area contributed by atoms with E-state index in [2.05, 4.69) is 31.2 Å². The van der Waals surface area contributed by atoms with E-state index in [-0.39, 0.29) is 0 Å². The van der Waals surface area contributed by atoms with E-state index in [4.69, 9.17) is 0 Å². The lowest BCUT2D eigenvalue weighted by atomic mass is 9.93. The zero-order chi connectivity index (χ0) is 23.5. The lowest BCUT2D eigenvalue weighted by Gasteiger charge is -2.26. The van der Waals surface area contributed by atoms with E-state index in [1.807, 2.05) is 12.1 Å². The number of carbonyl (C=O) groups is 1. The van der Waals surface area contributed by atoms with Crippen molar-refractivity contribution in [2.45, 2.75) is 88.7 Å². The van der Waals surface area contributed by atoms with Gasteiger partial charge in [-0.1, -0.05) is 93.3 Å². The maximum atomic E-state index is 12.2. The van der Waals surface area contributed by atoms with Crippen LogP contribution in [-0.2, 0) is 19.7 Å². The van der Waals surface area contributed by atoms with Crippen molar-refractivity contribution in [1.82, 2.24) is 0 Å². The highest BCUT2D eigenvalue weighted by Gasteiger charge is 2.39. The number of carbonyl (C=O) groups excluding carboxylic acids is 1. The zero-order valence-corrected chi connectivity index (χ0v) is 20.3. The zero-order valence-electron chi connectivity index (χ0n) is 19.5. The Labute approximate surface area is 194 Å². The van der Waals surface area contributed by atoms with Gasteiger partial charge in [0.1, 0.15) is 10.5 Å². The third kappa shape index (κ3) is 8.18. The van der Waals surface area contributed by atoms with Gasteiger partial charge in [0.05, 0.1) is 0 Å². The van der Waals surface area contributed by atoms with Crippen LogP contribution in [0.15, 0.2) is 60.7 Å². The quantitative estimate of drug-likeness (QED) is 0.229. The van der Waals surface area contributed by atoms with Crippen molar-refractivity contribution in [1.29, 1.82) is 0 Å². The molecule has 0 aliphatic carbocycles. The molecule has 0 fully saturated rings. The molecule has 0 aromatic heterocycles. The Morgan fingerprint density at radius 1 is 0.844 bits per heavy atom. The predicted octanol–water partition coefficient (Wildman–Crippen LogP) is 7.06. The average molecular weight is 459 g/mol. The van der Waals surface area contributed by atoms with Crippen molar-refractivity contribution in [2.75, 3.05) is 0 Å². The molecule has 0 amide bonds. The van der Waals surface area contributed by atoms with Crippen molar-refractivity contribution in [3.8, 4) is 0 Å². The first-order valence-corrected chi connectivity index (χ1v) is 13.3. The molecule has 0 aliphatic rings. The smallest absolute Gasteiger partial charge is 0.274 e. The van der Waals surface area contributed by atoms with Gasteiger partial charge in [-0.2, -0.15) is 8.42 Å². The molecule has 0 heterocycles. The largest absolute Gasteiger partial charge is 0.300 e. The van der Waals surface area contributed by atoms with Crippen LogP contribution in [0, 0.1) is 0 Å². The van der Waals surface area contributed by atoms with Crippen LogP contribution in [0.4, 0.5) is 0 Å². The van der Waals surface area contributed by atoms with Gasteiger partial charge in [0, 0.05) is 12.8 Å². The number of benzene rings is 2. The molecule has 0 spiro atoms. The number of Topliss-reactive ketones (excluding diaryl/α,β-unsaturated/α-hetero) is 1. The standard InChI is InChI=1S/C27H38O4S/c1-23(24-16-8-4-9-17-24)15-7-3-12-20-26(28)21-13-6-14-22-27(2,32(29,30)31)25-18-10-5-11-19-25/h4-5,8-11,16-19,23H,3,6-7,12-15,20-22H2,1-2H3,(H,29,30,31). The number of hydrogen-bond donors (Lipinski definition) is 1. The summed E-state index contributed by atoms with van der Waals surface area (Å²) >= 11 is 0. The van der Waals surface area contributed by atoms with E-state index < -0.39 is 14.9 Å².